The number of nitrogens with one attached hydrogen (secondary N) is 1. The van der Waals surface area contributed by atoms with E-state index in [1.54, 1.807) is 31.1 Å². The summed E-state index contributed by atoms with van der Waals surface area (Å²) in [5.74, 6) is 0. The summed E-state index contributed by atoms with van der Waals surface area (Å²) in [5, 5.41) is 7.74. The molecule has 2 atom stereocenters. The number of rotatable bonds is 6. The van der Waals surface area contributed by atoms with Crippen molar-refractivity contribution in [2.45, 2.75) is 56.0 Å². The topological polar surface area (TPSA) is 89.8 Å². The first-order valence-corrected chi connectivity index (χ1v) is 11.4. The van der Waals surface area contributed by atoms with Gasteiger partial charge in [-0.2, -0.15) is 0 Å². The van der Waals surface area contributed by atoms with Gasteiger partial charge in [0.25, 0.3) is 0 Å². The van der Waals surface area contributed by atoms with Crippen LogP contribution in [0, 0.1) is 0 Å². The van der Waals surface area contributed by atoms with E-state index < -0.39 is 10.0 Å². The predicted octanol–water partition coefficient (Wildman–Crippen LogP) is 3.36. The highest BCUT2D eigenvalue weighted by Gasteiger charge is 2.28. The molecule has 1 aliphatic rings. The van der Waals surface area contributed by atoms with Gasteiger partial charge in [-0.1, -0.05) is 13.0 Å². The molecular formula is C21H25N5O2S. The van der Waals surface area contributed by atoms with E-state index in [1.165, 1.54) is 0 Å². The van der Waals surface area contributed by atoms with E-state index in [-0.39, 0.29) is 12.1 Å². The molecule has 2 aromatic heterocycles. The number of aryl methyl sites for hydroxylation is 1. The molecule has 7 nitrogen and oxygen atoms in total. The van der Waals surface area contributed by atoms with E-state index in [1.807, 2.05) is 35.8 Å². The maximum Gasteiger partial charge on any atom is 0.241 e. The molecule has 1 N–H and O–H groups in total. The minimum Gasteiger partial charge on any atom is -0.317 e. The Morgan fingerprint density at radius 1 is 1.07 bits per heavy atom. The van der Waals surface area contributed by atoms with Crippen molar-refractivity contribution in [2.75, 3.05) is 0 Å². The molecule has 0 spiro atoms. The molecule has 1 aromatic carbocycles. The summed E-state index contributed by atoms with van der Waals surface area (Å²) in [4.78, 5) is 4.41. The van der Waals surface area contributed by atoms with Gasteiger partial charge in [0, 0.05) is 24.5 Å². The van der Waals surface area contributed by atoms with Crippen molar-refractivity contribution < 1.29 is 8.42 Å². The Hall–Kier alpha value is -2.58. The van der Waals surface area contributed by atoms with Gasteiger partial charge < -0.3 is 4.57 Å². The zero-order chi connectivity index (χ0) is 20.3. The molecule has 2 unspecified atom stereocenters. The summed E-state index contributed by atoms with van der Waals surface area (Å²) < 4.78 is 31.3. The summed E-state index contributed by atoms with van der Waals surface area (Å²) >= 11 is 0. The van der Waals surface area contributed by atoms with E-state index in [4.69, 9.17) is 0 Å². The maximum atomic E-state index is 13.2. The largest absolute Gasteiger partial charge is 0.317 e. The molecule has 29 heavy (non-hydrogen) atoms. The first-order chi connectivity index (χ1) is 14.1. The smallest absolute Gasteiger partial charge is 0.241 e. The van der Waals surface area contributed by atoms with Gasteiger partial charge in [-0.3, -0.25) is 4.98 Å². The summed E-state index contributed by atoms with van der Waals surface area (Å²) in [6, 6.07) is 9.53. The zero-order valence-corrected chi connectivity index (χ0v) is 17.2. The third kappa shape index (κ3) is 4.38. The second-order valence-corrected chi connectivity index (χ2v) is 9.14. The molecule has 0 saturated heterocycles. The van der Waals surface area contributed by atoms with Crippen LogP contribution in [0.4, 0.5) is 0 Å². The molecule has 0 amide bonds. The Bertz CT molecular complexity index is 1050. The van der Waals surface area contributed by atoms with Crippen molar-refractivity contribution in [1.29, 1.82) is 0 Å². The van der Waals surface area contributed by atoms with Crippen molar-refractivity contribution >= 4 is 10.0 Å². The van der Waals surface area contributed by atoms with E-state index in [0.717, 1.165) is 42.4 Å². The van der Waals surface area contributed by atoms with Crippen LogP contribution in [0.5, 0.6) is 0 Å². The highest BCUT2D eigenvalue weighted by molar-refractivity contribution is 7.89. The lowest BCUT2D eigenvalue weighted by atomic mass is 9.91. The number of nitrogens with zero attached hydrogens (tertiary/aromatic N) is 4. The molecule has 0 bridgehead atoms. The Balaban J connectivity index is 1.55. The molecule has 1 fully saturated rings. The molecule has 1 aliphatic carbocycles. The van der Waals surface area contributed by atoms with Gasteiger partial charge in [-0.05, 0) is 73.1 Å². The molecule has 3 aromatic rings. The van der Waals surface area contributed by atoms with E-state index >= 15 is 0 Å². The Labute approximate surface area is 171 Å². The predicted molar refractivity (Wildman–Crippen MR) is 111 cm³/mol. The molecule has 1 saturated carbocycles. The number of aromatic nitrogens is 4. The molecular weight excluding hydrogens is 386 g/mol. The molecule has 0 aliphatic heterocycles. The molecule has 2 heterocycles. The quantitative estimate of drug-likeness (QED) is 0.672. The zero-order valence-electron chi connectivity index (χ0n) is 16.4. The number of sulfonamides is 1. The molecule has 8 heteroatoms. The fourth-order valence-electron chi connectivity index (χ4n) is 4.06. The first-order valence-electron chi connectivity index (χ1n) is 9.96. The van der Waals surface area contributed by atoms with Crippen LogP contribution in [0.1, 0.15) is 44.2 Å². The summed E-state index contributed by atoms with van der Waals surface area (Å²) in [6.07, 6.45) is 11.1. The van der Waals surface area contributed by atoms with Crippen molar-refractivity contribution in [2.24, 2.45) is 0 Å². The fraction of sp³-hybridized carbons (Fsp3) is 0.381. The maximum absolute atomic E-state index is 13.2. The Morgan fingerprint density at radius 3 is 2.55 bits per heavy atom. The Morgan fingerprint density at radius 2 is 1.83 bits per heavy atom. The van der Waals surface area contributed by atoms with E-state index in [9.17, 15) is 8.42 Å². The fourth-order valence-corrected chi connectivity index (χ4v) is 5.64. The van der Waals surface area contributed by atoms with Crippen molar-refractivity contribution in [3.63, 3.8) is 0 Å². The van der Waals surface area contributed by atoms with Gasteiger partial charge in [0.15, 0.2) is 0 Å². The van der Waals surface area contributed by atoms with Gasteiger partial charge in [-0.25, -0.2) is 13.1 Å². The average molecular weight is 412 g/mol. The molecule has 4 rings (SSSR count). The third-order valence-electron chi connectivity index (χ3n) is 5.57. The van der Waals surface area contributed by atoms with Crippen LogP contribution in [-0.4, -0.2) is 34.2 Å². The van der Waals surface area contributed by atoms with Gasteiger partial charge in [0.1, 0.15) is 12.7 Å². The first kappa shape index (κ1) is 19.7. The molecule has 0 radical (unpaired) electrons. The number of hydrogen-bond acceptors (Lipinski definition) is 5. The number of hydrogen-bond donors (Lipinski definition) is 1. The normalized spacial score (nSPS) is 19.9. The standard InChI is InChI=1S/C21H25N5O2S/c1-2-16-12-18(17-8-10-22-11-9-17)6-7-21(16)29(27,28)25-19-4-3-5-20(13-19)26-14-23-24-15-26/h6-12,14-15,19-20,25H,2-5,13H2,1H3. The lowest BCUT2D eigenvalue weighted by Gasteiger charge is -2.30. The lowest BCUT2D eigenvalue weighted by Crippen LogP contribution is -2.39. The summed E-state index contributed by atoms with van der Waals surface area (Å²) in [5.41, 5.74) is 2.84. The number of pyridine rings is 1. The number of benzene rings is 1. The second-order valence-electron chi connectivity index (χ2n) is 7.46. The monoisotopic (exact) mass is 411 g/mol. The van der Waals surface area contributed by atoms with Crippen LogP contribution in [0.15, 0.2) is 60.3 Å². The lowest BCUT2D eigenvalue weighted by molar-refractivity contribution is 0.305. The second kappa shape index (κ2) is 8.42. The van der Waals surface area contributed by atoms with Crippen molar-refractivity contribution in [3.8, 4) is 11.1 Å². The third-order valence-corrected chi connectivity index (χ3v) is 7.19. The summed E-state index contributed by atoms with van der Waals surface area (Å²) in [6.45, 7) is 1.98. The van der Waals surface area contributed by atoms with Crippen LogP contribution in [0.2, 0.25) is 0 Å². The van der Waals surface area contributed by atoms with Crippen molar-refractivity contribution in [1.82, 2.24) is 24.5 Å². The van der Waals surface area contributed by atoms with E-state index in [0.29, 0.717) is 11.3 Å². The van der Waals surface area contributed by atoms with Crippen LogP contribution < -0.4 is 4.72 Å². The van der Waals surface area contributed by atoms with Crippen LogP contribution in [-0.2, 0) is 16.4 Å². The minimum atomic E-state index is -3.60. The minimum absolute atomic E-state index is 0.0919. The highest BCUT2D eigenvalue weighted by Crippen LogP contribution is 2.30. The van der Waals surface area contributed by atoms with Gasteiger partial charge in [0.2, 0.25) is 10.0 Å². The van der Waals surface area contributed by atoms with Crippen LogP contribution in [0.3, 0.4) is 0 Å². The SMILES string of the molecule is CCc1cc(-c2ccncc2)ccc1S(=O)(=O)NC1CCCC(n2cnnc2)C1. The van der Waals surface area contributed by atoms with Gasteiger partial charge in [-0.15, -0.1) is 10.2 Å². The summed E-state index contributed by atoms with van der Waals surface area (Å²) in [7, 11) is -3.60. The average Bonchev–Trinajstić information content (AvgIpc) is 3.29. The van der Waals surface area contributed by atoms with Gasteiger partial charge in [0.05, 0.1) is 4.90 Å². The van der Waals surface area contributed by atoms with Crippen LogP contribution in [0.25, 0.3) is 11.1 Å². The highest BCUT2D eigenvalue weighted by atomic mass is 32.2. The van der Waals surface area contributed by atoms with E-state index in [2.05, 4.69) is 19.9 Å². The Kier molecular flexibility index (Phi) is 5.73. The van der Waals surface area contributed by atoms with Gasteiger partial charge >= 0.3 is 0 Å². The molecule has 152 valence electrons. The van der Waals surface area contributed by atoms with Crippen molar-refractivity contribution in [3.05, 3.63) is 60.9 Å². The van der Waals surface area contributed by atoms with Crippen LogP contribution >= 0.6 is 0 Å².